The van der Waals surface area contributed by atoms with E-state index in [1.165, 1.54) is 6.33 Å². The summed E-state index contributed by atoms with van der Waals surface area (Å²) in [7, 11) is 0. The number of carbonyl (C=O) groups excluding carboxylic acids is 1. The zero-order valence-corrected chi connectivity index (χ0v) is 16.1. The summed E-state index contributed by atoms with van der Waals surface area (Å²) in [6.07, 6.45) is 1.42. The number of anilines is 5. The van der Waals surface area contributed by atoms with Gasteiger partial charge in [-0.1, -0.05) is 24.3 Å². The van der Waals surface area contributed by atoms with Crippen LogP contribution in [-0.2, 0) is 4.74 Å². The molecule has 0 atom stereocenters. The lowest BCUT2D eigenvalue weighted by Gasteiger charge is -2.15. The van der Waals surface area contributed by atoms with Crippen molar-refractivity contribution >= 4 is 34.7 Å². The third-order valence-corrected chi connectivity index (χ3v) is 4.21. The molecule has 0 saturated heterocycles. The Bertz CT molecular complexity index is 1000. The van der Waals surface area contributed by atoms with E-state index in [-0.39, 0.29) is 0 Å². The molecular formula is C21H23N5O2. The summed E-state index contributed by atoms with van der Waals surface area (Å²) < 4.78 is 5.11. The Kier molecular flexibility index (Phi) is 5.74. The molecule has 1 heterocycles. The van der Waals surface area contributed by atoms with Crippen LogP contribution >= 0.6 is 0 Å². The molecule has 0 unspecified atom stereocenters. The van der Waals surface area contributed by atoms with Gasteiger partial charge in [0, 0.05) is 5.69 Å². The first-order valence-corrected chi connectivity index (χ1v) is 8.97. The van der Waals surface area contributed by atoms with Gasteiger partial charge in [0.15, 0.2) is 11.6 Å². The predicted octanol–water partition coefficient (Wildman–Crippen LogP) is 4.34. The quantitative estimate of drug-likeness (QED) is 0.549. The second-order valence-electron chi connectivity index (χ2n) is 6.32. The molecule has 0 aliphatic heterocycles. The molecule has 0 fully saturated rings. The molecule has 0 saturated carbocycles. The van der Waals surface area contributed by atoms with Gasteiger partial charge in [-0.25, -0.2) is 14.8 Å². The molecule has 0 aliphatic rings. The fraction of sp³-hybridized carbons (Fsp3) is 0.190. The lowest BCUT2D eigenvalue weighted by Crippen LogP contribution is -2.10. The molecule has 0 amide bonds. The van der Waals surface area contributed by atoms with E-state index in [0.717, 1.165) is 16.8 Å². The van der Waals surface area contributed by atoms with Crippen LogP contribution < -0.4 is 16.4 Å². The van der Waals surface area contributed by atoms with Crippen LogP contribution in [0, 0.1) is 13.8 Å². The van der Waals surface area contributed by atoms with Crippen LogP contribution in [0.15, 0.2) is 48.8 Å². The number of ether oxygens (including phenoxy) is 1. The fourth-order valence-corrected chi connectivity index (χ4v) is 2.70. The molecule has 0 aliphatic carbocycles. The second kappa shape index (κ2) is 8.39. The highest BCUT2D eigenvalue weighted by molar-refractivity contribution is 5.97. The number of rotatable bonds is 6. The standard InChI is InChI=1S/C21H23N5O2/c1-4-28-21(27)15-7-5-6-8-16(15)25-19-18(22)20(24-12-23-19)26-17-11-13(2)9-10-14(17)3/h5-12H,4,22H2,1-3H3,(H2,23,24,25,26). The van der Waals surface area contributed by atoms with Gasteiger partial charge in [-0.05, 0) is 50.1 Å². The van der Waals surface area contributed by atoms with Crippen molar-refractivity contribution in [2.75, 3.05) is 23.0 Å². The minimum atomic E-state index is -0.410. The molecule has 0 radical (unpaired) electrons. The average molecular weight is 377 g/mol. The van der Waals surface area contributed by atoms with Crippen LogP contribution in [0.3, 0.4) is 0 Å². The van der Waals surface area contributed by atoms with E-state index in [0.29, 0.717) is 35.2 Å². The number of hydrogen-bond acceptors (Lipinski definition) is 7. The number of esters is 1. The summed E-state index contributed by atoms with van der Waals surface area (Å²) >= 11 is 0. The Balaban J connectivity index is 1.90. The van der Waals surface area contributed by atoms with Crippen molar-refractivity contribution in [1.29, 1.82) is 0 Å². The van der Waals surface area contributed by atoms with Gasteiger partial charge < -0.3 is 21.1 Å². The maximum atomic E-state index is 12.2. The van der Waals surface area contributed by atoms with Crippen molar-refractivity contribution in [1.82, 2.24) is 9.97 Å². The summed E-state index contributed by atoms with van der Waals surface area (Å²) in [5, 5.41) is 6.37. The molecule has 3 aromatic rings. The van der Waals surface area contributed by atoms with Crippen molar-refractivity contribution in [3.63, 3.8) is 0 Å². The van der Waals surface area contributed by atoms with Crippen molar-refractivity contribution < 1.29 is 9.53 Å². The van der Waals surface area contributed by atoms with Gasteiger partial charge >= 0.3 is 5.97 Å². The van der Waals surface area contributed by atoms with Gasteiger partial charge in [-0.3, -0.25) is 0 Å². The first-order chi connectivity index (χ1) is 13.5. The fourth-order valence-electron chi connectivity index (χ4n) is 2.70. The van der Waals surface area contributed by atoms with Crippen molar-refractivity contribution in [3.8, 4) is 0 Å². The van der Waals surface area contributed by atoms with E-state index in [1.807, 2.05) is 38.1 Å². The largest absolute Gasteiger partial charge is 0.462 e. The lowest BCUT2D eigenvalue weighted by molar-refractivity contribution is 0.0527. The Hall–Kier alpha value is -3.61. The highest BCUT2D eigenvalue weighted by Gasteiger charge is 2.15. The monoisotopic (exact) mass is 377 g/mol. The maximum absolute atomic E-state index is 12.2. The van der Waals surface area contributed by atoms with E-state index in [9.17, 15) is 4.79 Å². The molecule has 1 aromatic heterocycles. The maximum Gasteiger partial charge on any atom is 0.340 e. The first-order valence-electron chi connectivity index (χ1n) is 8.97. The summed E-state index contributed by atoms with van der Waals surface area (Å²) in [6.45, 7) is 6.09. The zero-order chi connectivity index (χ0) is 20.1. The molecule has 2 aromatic carbocycles. The van der Waals surface area contributed by atoms with E-state index in [1.54, 1.807) is 25.1 Å². The molecule has 7 nitrogen and oxygen atoms in total. The number of hydrogen-bond donors (Lipinski definition) is 3. The van der Waals surface area contributed by atoms with Gasteiger partial charge in [-0.15, -0.1) is 0 Å². The number of aromatic nitrogens is 2. The summed E-state index contributed by atoms with van der Waals surface area (Å²) in [5.41, 5.74) is 10.7. The van der Waals surface area contributed by atoms with Crippen LogP contribution in [0.1, 0.15) is 28.4 Å². The number of nitrogens with zero attached hydrogens (tertiary/aromatic N) is 2. The summed E-state index contributed by atoms with van der Waals surface area (Å²) in [6, 6.07) is 13.2. The number of para-hydroxylation sites is 1. The first kappa shape index (κ1) is 19.2. The van der Waals surface area contributed by atoms with E-state index in [4.69, 9.17) is 10.5 Å². The molecule has 7 heteroatoms. The van der Waals surface area contributed by atoms with Gasteiger partial charge in [-0.2, -0.15) is 0 Å². The van der Waals surface area contributed by atoms with Gasteiger partial charge in [0.05, 0.1) is 17.9 Å². The third-order valence-electron chi connectivity index (χ3n) is 4.21. The molecular weight excluding hydrogens is 354 g/mol. The van der Waals surface area contributed by atoms with Crippen molar-refractivity contribution in [2.45, 2.75) is 20.8 Å². The zero-order valence-electron chi connectivity index (χ0n) is 16.1. The Morgan fingerprint density at radius 1 is 1.04 bits per heavy atom. The van der Waals surface area contributed by atoms with E-state index >= 15 is 0 Å². The summed E-state index contributed by atoms with van der Waals surface area (Å²) in [5.74, 6) is 0.478. The number of nitrogen functional groups attached to an aromatic ring is 1. The van der Waals surface area contributed by atoms with Crippen molar-refractivity contribution in [3.05, 3.63) is 65.5 Å². The predicted molar refractivity (Wildman–Crippen MR) is 111 cm³/mol. The smallest absolute Gasteiger partial charge is 0.340 e. The Morgan fingerprint density at radius 2 is 1.71 bits per heavy atom. The number of nitrogens with one attached hydrogen (secondary N) is 2. The second-order valence-corrected chi connectivity index (χ2v) is 6.32. The highest BCUT2D eigenvalue weighted by Crippen LogP contribution is 2.30. The number of aryl methyl sites for hydroxylation is 2. The number of nitrogens with two attached hydrogens (primary N) is 1. The highest BCUT2D eigenvalue weighted by atomic mass is 16.5. The average Bonchev–Trinajstić information content (AvgIpc) is 2.68. The van der Waals surface area contributed by atoms with Crippen LogP contribution in [-0.4, -0.2) is 22.5 Å². The number of benzene rings is 2. The minimum Gasteiger partial charge on any atom is -0.462 e. The van der Waals surface area contributed by atoms with Gasteiger partial charge in [0.25, 0.3) is 0 Å². The lowest BCUT2D eigenvalue weighted by atomic mass is 10.1. The van der Waals surface area contributed by atoms with Crippen molar-refractivity contribution in [2.24, 2.45) is 0 Å². The normalized spacial score (nSPS) is 10.4. The minimum absolute atomic E-state index is 0.298. The SMILES string of the molecule is CCOC(=O)c1ccccc1Nc1ncnc(Nc2cc(C)ccc2C)c1N. The molecule has 0 spiro atoms. The molecule has 3 rings (SSSR count). The molecule has 4 N–H and O–H groups in total. The molecule has 144 valence electrons. The van der Waals surface area contributed by atoms with Crippen LogP contribution in [0.4, 0.5) is 28.7 Å². The van der Waals surface area contributed by atoms with Crippen LogP contribution in [0.25, 0.3) is 0 Å². The topological polar surface area (TPSA) is 102 Å². The Morgan fingerprint density at radius 3 is 2.43 bits per heavy atom. The molecule has 28 heavy (non-hydrogen) atoms. The van der Waals surface area contributed by atoms with Gasteiger partial charge in [0.2, 0.25) is 0 Å². The van der Waals surface area contributed by atoms with Gasteiger partial charge in [0.1, 0.15) is 12.0 Å². The van der Waals surface area contributed by atoms with E-state index in [2.05, 4.69) is 20.6 Å². The molecule has 0 bridgehead atoms. The summed E-state index contributed by atoms with van der Waals surface area (Å²) in [4.78, 5) is 20.7. The number of carbonyl (C=O) groups is 1. The van der Waals surface area contributed by atoms with Crippen LogP contribution in [0.2, 0.25) is 0 Å². The Labute approximate surface area is 164 Å². The van der Waals surface area contributed by atoms with Crippen LogP contribution in [0.5, 0.6) is 0 Å². The van der Waals surface area contributed by atoms with E-state index < -0.39 is 5.97 Å². The third kappa shape index (κ3) is 4.20.